The molecule has 0 aromatic rings. The van der Waals surface area contributed by atoms with E-state index in [9.17, 15) is 14.7 Å². The number of carbonyl (C=O) groups excluding carboxylic acids is 2. The van der Waals surface area contributed by atoms with Crippen LogP contribution in [-0.2, 0) is 9.59 Å². The lowest BCUT2D eigenvalue weighted by molar-refractivity contribution is -0.137. The molecule has 6 nitrogen and oxygen atoms in total. The van der Waals surface area contributed by atoms with Gasteiger partial charge in [-0.05, 0) is 0 Å². The van der Waals surface area contributed by atoms with Crippen molar-refractivity contribution in [3.63, 3.8) is 0 Å². The van der Waals surface area contributed by atoms with Crippen molar-refractivity contribution in [3.05, 3.63) is 0 Å². The van der Waals surface area contributed by atoms with Crippen molar-refractivity contribution in [1.82, 2.24) is 5.32 Å². The first kappa shape index (κ1) is 16.0. The van der Waals surface area contributed by atoms with Gasteiger partial charge in [0.2, 0.25) is 5.91 Å². The number of carbonyl (C=O) groups is 2. The highest BCUT2D eigenvalue weighted by Gasteiger charge is 2.32. The van der Waals surface area contributed by atoms with Crippen molar-refractivity contribution in [2.75, 3.05) is 19.8 Å². The van der Waals surface area contributed by atoms with E-state index < -0.39 is 17.4 Å². The molecule has 1 unspecified atom stereocenters. The van der Waals surface area contributed by atoms with Crippen LogP contribution in [0.4, 0.5) is 0 Å². The van der Waals surface area contributed by atoms with Gasteiger partial charge in [0, 0.05) is 31.4 Å². The molecule has 0 bridgehead atoms. The highest BCUT2D eigenvalue weighted by atomic mass is 16.3. The first-order valence-corrected chi connectivity index (χ1v) is 5.54. The number of Topliss-reactive ketones (excluding diaryl/α,β-unsaturated/α-hetero) is 1. The molecule has 0 heterocycles. The van der Waals surface area contributed by atoms with E-state index in [1.165, 1.54) is 0 Å². The van der Waals surface area contributed by atoms with Crippen LogP contribution in [0.15, 0.2) is 0 Å². The number of aliphatic hydroxyl groups excluding tert-OH is 3. The fourth-order valence-corrected chi connectivity index (χ4v) is 1.11. The molecule has 0 aromatic heterocycles. The first-order chi connectivity index (χ1) is 7.85. The molecule has 17 heavy (non-hydrogen) atoms. The Kier molecular flexibility index (Phi) is 6.94. The van der Waals surface area contributed by atoms with Crippen LogP contribution in [0.1, 0.15) is 26.7 Å². The Balaban J connectivity index is 3.99. The maximum atomic E-state index is 11.5. The van der Waals surface area contributed by atoms with Gasteiger partial charge in [-0.2, -0.15) is 0 Å². The van der Waals surface area contributed by atoms with E-state index in [2.05, 4.69) is 5.32 Å². The summed E-state index contributed by atoms with van der Waals surface area (Å²) >= 11 is 0. The highest BCUT2D eigenvalue weighted by Crippen LogP contribution is 2.19. The number of amides is 1. The number of aliphatic hydroxyl groups is 3. The lowest BCUT2D eigenvalue weighted by Gasteiger charge is -2.27. The number of ketones is 1. The molecule has 0 aliphatic heterocycles. The lowest BCUT2D eigenvalue weighted by Crippen LogP contribution is -2.46. The summed E-state index contributed by atoms with van der Waals surface area (Å²) in [5, 5.41) is 29.5. The van der Waals surface area contributed by atoms with Gasteiger partial charge in [-0.15, -0.1) is 0 Å². The van der Waals surface area contributed by atoms with E-state index in [0.717, 1.165) is 0 Å². The zero-order valence-corrected chi connectivity index (χ0v) is 10.3. The Morgan fingerprint density at radius 3 is 2.29 bits per heavy atom. The van der Waals surface area contributed by atoms with E-state index in [-0.39, 0.29) is 38.4 Å². The van der Waals surface area contributed by atoms with Crippen molar-refractivity contribution in [2.24, 2.45) is 5.41 Å². The predicted octanol–water partition coefficient (Wildman–Crippen LogP) is -1.18. The fraction of sp³-hybridized carbons (Fsp3) is 0.818. The zero-order chi connectivity index (χ0) is 13.5. The molecule has 0 aromatic carbocycles. The molecule has 0 saturated carbocycles. The van der Waals surface area contributed by atoms with Crippen molar-refractivity contribution < 1.29 is 24.9 Å². The van der Waals surface area contributed by atoms with Crippen LogP contribution in [0, 0.1) is 5.41 Å². The second-order valence-corrected chi connectivity index (χ2v) is 4.60. The van der Waals surface area contributed by atoms with Crippen LogP contribution in [0.5, 0.6) is 0 Å². The largest absolute Gasteiger partial charge is 0.396 e. The summed E-state index contributed by atoms with van der Waals surface area (Å²) < 4.78 is 0. The standard InChI is InChI=1S/C11H21NO5/c1-11(2,7-14)9(16)10(17)12-5-3-8(15)4-6-13/h9,13-14,16H,3-7H2,1-2H3,(H,12,17). The molecule has 0 saturated heterocycles. The molecule has 0 fully saturated rings. The van der Waals surface area contributed by atoms with Gasteiger partial charge in [0.15, 0.2) is 0 Å². The maximum absolute atomic E-state index is 11.5. The van der Waals surface area contributed by atoms with Crippen LogP contribution in [0.3, 0.4) is 0 Å². The van der Waals surface area contributed by atoms with Crippen LogP contribution >= 0.6 is 0 Å². The molecular weight excluding hydrogens is 226 g/mol. The summed E-state index contributed by atoms with van der Waals surface area (Å²) in [4.78, 5) is 22.5. The lowest BCUT2D eigenvalue weighted by atomic mass is 9.87. The van der Waals surface area contributed by atoms with Crippen molar-refractivity contribution >= 4 is 11.7 Å². The second-order valence-electron chi connectivity index (χ2n) is 4.60. The Bertz CT molecular complexity index is 265. The predicted molar refractivity (Wildman–Crippen MR) is 61.2 cm³/mol. The van der Waals surface area contributed by atoms with E-state index in [0.29, 0.717) is 0 Å². The second kappa shape index (κ2) is 7.37. The minimum Gasteiger partial charge on any atom is -0.396 e. The smallest absolute Gasteiger partial charge is 0.249 e. The molecule has 1 atom stereocenters. The van der Waals surface area contributed by atoms with Crippen LogP contribution in [0.25, 0.3) is 0 Å². The van der Waals surface area contributed by atoms with Gasteiger partial charge in [-0.25, -0.2) is 0 Å². The minimum atomic E-state index is -1.32. The third-order valence-corrected chi connectivity index (χ3v) is 2.49. The summed E-state index contributed by atoms with van der Waals surface area (Å²) in [6.45, 7) is 2.73. The number of hydrogen-bond donors (Lipinski definition) is 4. The van der Waals surface area contributed by atoms with Gasteiger partial charge in [0.25, 0.3) is 0 Å². The van der Waals surface area contributed by atoms with Crippen molar-refractivity contribution in [1.29, 1.82) is 0 Å². The van der Waals surface area contributed by atoms with E-state index in [1.54, 1.807) is 13.8 Å². The molecule has 100 valence electrons. The van der Waals surface area contributed by atoms with E-state index in [1.807, 2.05) is 0 Å². The Morgan fingerprint density at radius 1 is 1.24 bits per heavy atom. The van der Waals surface area contributed by atoms with Crippen LogP contribution < -0.4 is 5.32 Å². The minimum absolute atomic E-state index is 0.0700. The average Bonchev–Trinajstić information content (AvgIpc) is 2.28. The summed E-state index contributed by atoms with van der Waals surface area (Å²) in [6.07, 6.45) is -1.13. The third-order valence-electron chi connectivity index (χ3n) is 2.49. The highest BCUT2D eigenvalue weighted by molar-refractivity contribution is 5.83. The Labute approximate surface area is 101 Å². The topological polar surface area (TPSA) is 107 Å². The summed E-state index contributed by atoms with van der Waals surface area (Å²) in [6, 6.07) is 0. The van der Waals surface area contributed by atoms with Gasteiger partial charge < -0.3 is 20.6 Å². The summed E-state index contributed by atoms with van der Waals surface area (Å²) in [5.74, 6) is -0.760. The SMILES string of the molecule is CC(C)(CO)C(O)C(=O)NCCC(=O)CCO. The van der Waals surface area contributed by atoms with Gasteiger partial charge in [0.1, 0.15) is 11.9 Å². The normalized spacial score (nSPS) is 13.2. The van der Waals surface area contributed by atoms with Crippen molar-refractivity contribution in [2.45, 2.75) is 32.8 Å². The molecule has 0 spiro atoms. The van der Waals surface area contributed by atoms with Gasteiger partial charge >= 0.3 is 0 Å². The molecule has 0 rings (SSSR count). The van der Waals surface area contributed by atoms with Gasteiger partial charge in [0.05, 0.1) is 6.61 Å². The van der Waals surface area contributed by atoms with Gasteiger partial charge in [-0.3, -0.25) is 9.59 Å². The number of hydrogen-bond acceptors (Lipinski definition) is 5. The van der Waals surface area contributed by atoms with Gasteiger partial charge in [-0.1, -0.05) is 13.8 Å². The van der Waals surface area contributed by atoms with Crippen molar-refractivity contribution in [3.8, 4) is 0 Å². The Morgan fingerprint density at radius 2 is 1.82 bits per heavy atom. The summed E-state index contributed by atoms with van der Waals surface area (Å²) in [5.41, 5.74) is -0.917. The van der Waals surface area contributed by atoms with E-state index >= 15 is 0 Å². The molecule has 0 radical (unpaired) electrons. The Hall–Kier alpha value is -0.980. The quantitative estimate of drug-likeness (QED) is 0.432. The average molecular weight is 247 g/mol. The zero-order valence-electron chi connectivity index (χ0n) is 10.3. The summed E-state index contributed by atoms with van der Waals surface area (Å²) in [7, 11) is 0. The molecule has 0 aliphatic rings. The molecule has 0 aliphatic carbocycles. The fourth-order valence-electron chi connectivity index (χ4n) is 1.11. The first-order valence-electron chi connectivity index (χ1n) is 5.54. The molecular formula is C11H21NO5. The van der Waals surface area contributed by atoms with Crippen LogP contribution in [-0.4, -0.2) is 52.9 Å². The maximum Gasteiger partial charge on any atom is 0.249 e. The number of nitrogens with one attached hydrogen (secondary N) is 1. The van der Waals surface area contributed by atoms with Crippen LogP contribution in [0.2, 0.25) is 0 Å². The monoisotopic (exact) mass is 247 g/mol. The molecule has 4 N–H and O–H groups in total. The molecule has 1 amide bonds. The third kappa shape index (κ3) is 5.76. The molecule has 6 heteroatoms. The van der Waals surface area contributed by atoms with E-state index in [4.69, 9.17) is 10.2 Å². The number of rotatable bonds is 8.